The Morgan fingerprint density at radius 1 is 1.42 bits per heavy atom. The number of rotatable bonds is 2. The average molecular weight is 264 g/mol. The fourth-order valence-corrected chi connectivity index (χ4v) is 2.93. The number of amides is 1. The van der Waals surface area contributed by atoms with Crippen LogP contribution in [0.1, 0.15) is 42.0 Å². The Bertz CT molecular complexity index is 470. The summed E-state index contributed by atoms with van der Waals surface area (Å²) < 4.78 is 1.76. The molecule has 19 heavy (non-hydrogen) atoms. The standard InChI is InChI=1S/C14H24N4O/c1-8-6-7-15-10(3)13(8)16-14(19)12-9(2)17-18(5)11(12)4/h8,10,13,15H,6-7H2,1-5H3,(H,16,19). The minimum Gasteiger partial charge on any atom is -0.347 e. The maximum atomic E-state index is 12.5. The molecular formula is C14H24N4O. The molecule has 0 saturated carbocycles. The lowest BCUT2D eigenvalue weighted by Crippen LogP contribution is -2.56. The van der Waals surface area contributed by atoms with Gasteiger partial charge in [0.05, 0.1) is 11.3 Å². The van der Waals surface area contributed by atoms with E-state index >= 15 is 0 Å². The second-order valence-electron chi connectivity index (χ2n) is 5.68. The number of aromatic nitrogens is 2. The van der Waals surface area contributed by atoms with Crippen molar-refractivity contribution in [3.05, 3.63) is 17.0 Å². The molecule has 3 unspecified atom stereocenters. The molecule has 1 aromatic heterocycles. The van der Waals surface area contributed by atoms with Crippen molar-refractivity contribution in [2.45, 2.75) is 46.2 Å². The molecule has 0 spiro atoms. The molecule has 1 fully saturated rings. The van der Waals surface area contributed by atoms with Crippen molar-refractivity contribution in [1.82, 2.24) is 20.4 Å². The normalized spacial score (nSPS) is 27.3. The second kappa shape index (κ2) is 5.33. The molecule has 2 rings (SSSR count). The molecule has 5 heteroatoms. The van der Waals surface area contributed by atoms with Crippen LogP contribution >= 0.6 is 0 Å². The van der Waals surface area contributed by atoms with E-state index in [-0.39, 0.29) is 11.9 Å². The molecule has 0 aromatic carbocycles. The van der Waals surface area contributed by atoms with Crippen LogP contribution < -0.4 is 10.6 Å². The first-order valence-electron chi connectivity index (χ1n) is 6.96. The van der Waals surface area contributed by atoms with Gasteiger partial charge in [0.15, 0.2) is 0 Å². The molecule has 2 heterocycles. The first-order valence-corrected chi connectivity index (χ1v) is 6.96. The van der Waals surface area contributed by atoms with Gasteiger partial charge in [-0.15, -0.1) is 0 Å². The van der Waals surface area contributed by atoms with E-state index in [2.05, 4.69) is 29.6 Å². The van der Waals surface area contributed by atoms with Gasteiger partial charge in [0.1, 0.15) is 0 Å². The summed E-state index contributed by atoms with van der Waals surface area (Å²) in [5, 5.41) is 10.9. The first-order chi connectivity index (χ1) is 8.91. The van der Waals surface area contributed by atoms with E-state index < -0.39 is 0 Å². The van der Waals surface area contributed by atoms with Crippen molar-refractivity contribution in [3.63, 3.8) is 0 Å². The minimum absolute atomic E-state index is 0.00417. The lowest BCUT2D eigenvalue weighted by molar-refractivity contribution is 0.0896. The van der Waals surface area contributed by atoms with Gasteiger partial charge in [0.2, 0.25) is 0 Å². The predicted octanol–water partition coefficient (Wildman–Crippen LogP) is 1.15. The van der Waals surface area contributed by atoms with Crippen LogP contribution in [0.25, 0.3) is 0 Å². The van der Waals surface area contributed by atoms with Crippen molar-refractivity contribution in [1.29, 1.82) is 0 Å². The lowest BCUT2D eigenvalue weighted by Gasteiger charge is -2.36. The fourth-order valence-electron chi connectivity index (χ4n) is 2.93. The molecule has 0 bridgehead atoms. The van der Waals surface area contributed by atoms with Crippen molar-refractivity contribution in [3.8, 4) is 0 Å². The summed E-state index contributed by atoms with van der Waals surface area (Å²) in [6, 6.07) is 0.491. The molecule has 1 amide bonds. The maximum absolute atomic E-state index is 12.5. The molecule has 1 aliphatic heterocycles. The number of piperidine rings is 1. The Hall–Kier alpha value is -1.36. The van der Waals surface area contributed by atoms with Gasteiger partial charge in [0.25, 0.3) is 5.91 Å². The number of hydrogen-bond donors (Lipinski definition) is 2. The lowest BCUT2D eigenvalue weighted by atomic mass is 9.89. The van der Waals surface area contributed by atoms with E-state index in [4.69, 9.17) is 0 Å². The molecule has 1 aliphatic rings. The van der Waals surface area contributed by atoms with E-state index in [9.17, 15) is 4.79 Å². The summed E-state index contributed by atoms with van der Waals surface area (Å²) >= 11 is 0. The molecule has 1 aromatic rings. The Balaban J connectivity index is 2.16. The molecular weight excluding hydrogens is 240 g/mol. The van der Waals surface area contributed by atoms with Crippen LogP contribution in [0.3, 0.4) is 0 Å². The summed E-state index contributed by atoms with van der Waals surface area (Å²) in [6.45, 7) is 9.17. The monoisotopic (exact) mass is 264 g/mol. The Morgan fingerprint density at radius 2 is 2.11 bits per heavy atom. The van der Waals surface area contributed by atoms with Gasteiger partial charge in [-0.05, 0) is 39.7 Å². The Morgan fingerprint density at radius 3 is 2.63 bits per heavy atom. The SMILES string of the molecule is Cc1nn(C)c(C)c1C(=O)NC1C(C)CCNC1C. The average Bonchev–Trinajstić information content (AvgIpc) is 2.58. The number of carbonyl (C=O) groups is 1. The van der Waals surface area contributed by atoms with E-state index in [0.717, 1.165) is 24.4 Å². The first kappa shape index (κ1) is 14.1. The van der Waals surface area contributed by atoms with Gasteiger partial charge in [0, 0.05) is 24.8 Å². The van der Waals surface area contributed by atoms with E-state index in [1.54, 1.807) is 4.68 Å². The van der Waals surface area contributed by atoms with Crippen LogP contribution in [0.4, 0.5) is 0 Å². The number of carbonyl (C=O) groups excluding carboxylic acids is 1. The van der Waals surface area contributed by atoms with E-state index in [1.165, 1.54) is 0 Å². The Kier molecular flexibility index (Phi) is 3.94. The third-order valence-electron chi connectivity index (χ3n) is 4.25. The highest BCUT2D eigenvalue weighted by atomic mass is 16.1. The smallest absolute Gasteiger partial charge is 0.255 e. The number of aryl methyl sites for hydroxylation is 2. The van der Waals surface area contributed by atoms with Crippen LogP contribution in [0.15, 0.2) is 0 Å². The van der Waals surface area contributed by atoms with Gasteiger partial charge >= 0.3 is 0 Å². The van der Waals surface area contributed by atoms with Gasteiger partial charge in [-0.25, -0.2) is 0 Å². The molecule has 2 N–H and O–H groups in total. The number of nitrogens with one attached hydrogen (secondary N) is 2. The number of hydrogen-bond acceptors (Lipinski definition) is 3. The highest BCUT2D eigenvalue weighted by molar-refractivity contribution is 5.96. The van der Waals surface area contributed by atoms with Gasteiger partial charge in [-0.1, -0.05) is 6.92 Å². The van der Waals surface area contributed by atoms with E-state index in [1.807, 2.05) is 20.9 Å². The topological polar surface area (TPSA) is 59.0 Å². The van der Waals surface area contributed by atoms with Crippen LogP contribution in [0.5, 0.6) is 0 Å². The molecule has 106 valence electrons. The summed E-state index contributed by atoms with van der Waals surface area (Å²) in [6.07, 6.45) is 1.10. The number of nitrogens with zero attached hydrogens (tertiary/aromatic N) is 2. The summed E-state index contributed by atoms with van der Waals surface area (Å²) in [4.78, 5) is 12.5. The molecule has 5 nitrogen and oxygen atoms in total. The highest BCUT2D eigenvalue weighted by Crippen LogP contribution is 2.18. The van der Waals surface area contributed by atoms with Crippen LogP contribution in [-0.4, -0.2) is 34.3 Å². The van der Waals surface area contributed by atoms with Crippen LogP contribution in [0.2, 0.25) is 0 Å². The van der Waals surface area contributed by atoms with Crippen LogP contribution in [-0.2, 0) is 7.05 Å². The molecule has 1 saturated heterocycles. The van der Waals surface area contributed by atoms with Gasteiger partial charge < -0.3 is 10.6 Å². The summed E-state index contributed by atoms with van der Waals surface area (Å²) in [5.74, 6) is 0.494. The van der Waals surface area contributed by atoms with Crippen molar-refractivity contribution in [2.24, 2.45) is 13.0 Å². The molecule has 3 atom stereocenters. The summed E-state index contributed by atoms with van der Waals surface area (Å²) in [5.41, 5.74) is 2.42. The van der Waals surface area contributed by atoms with Gasteiger partial charge in [-0.2, -0.15) is 5.10 Å². The maximum Gasteiger partial charge on any atom is 0.255 e. The zero-order chi connectivity index (χ0) is 14.2. The second-order valence-corrected chi connectivity index (χ2v) is 5.68. The van der Waals surface area contributed by atoms with Crippen LogP contribution in [0, 0.1) is 19.8 Å². The van der Waals surface area contributed by atoms with Crippen molar-refractivity contribution in [2.75, 3.05) is 6.54 Å². The summed E-state index contributed by atoms with van der Waals surface area (Å²) in [7, 11) is 1.87. The van der Waals surface area contributed by atoms with Crippen molar-refractivity contribution >= 4 is 5.91 Å². The van der Waals surface area contributed by atoms with Crippen molar-refractivity contribution < 1.29 is 4.79 Å². The predicted molar refractivity (Wildman–Crippen MR) is 75.2 cm³/mol. The largest absolute Gasteiger partial charge is 0.347 e. The highest BCUT2D eigenvalue weighted by Gasteiger charge is 2.30. The van der Waals surface area contributed by atoms with Gasteiger partial charge in [-0.3, -0.25) is 9.48 Å². The Labute approximate surface area is 114 Å². The quantitative estimate of drug-likeness (QED) is 0.842. The minimum atomic E-state index is -0.00417. The van der Waals surface area contributed by atoms with E-state index in [0.29, 0.717) is 17.5 Å². The zero-order valence-corrected chi connectivity index (χ0v) is 12.4. The third kappa shape index (κ3) is 2.66. The molecule has 0 radical (unpaired) electrons. The molecule has 0 aliphatic carbocycles. The fraction of sp³-hybridized carbons (Fsp3) is 0.714. The third-order valence-corrected chi connectivity index (χ3v) is 4.25. The zero-order valence-electron chi connectivity index (χ0n) is 12.4.